The number of amides is 3. The number of anilines is 1. The summed E-state index contributed by atoms with van der Waals surface area (Å²) >= 11 is 2.29. The molecule has 0 bridgehead atoms. The maximum atomic E-state index is 13.6. The zero-order valence-corrected chi connectivity index (χ0v) is 35.4. The zero-order valence-electron chi connectivity index (χ0n) is 31.7. The molecule has 298 valence electrons. The number of nitrogen functional groups attached to an aromatic ring is 1. The van der Waals surface area contributed by atoms with Crippen molar-refractivity contribution in [2.75, 3.05) is 38.5 Å². The second-order valence-corrected chi connectivity index (χ2v) is 16.7. The predicted octanol–water partition coefficient (Wildman–Crippen LogP) is -3.59. The summed E-state index contributed by atoms with van der Waals surface area (Å²) in [7, 11) is 1.60. The number of carboxylic acid groups (broad SMARTS) is 2. The van der Waals surface area contributed by atoms with Crippen molar-refractivity contribution in [3.8, 4) is 11.5 Å². The summed E-state index contributed by atoms with van der Waals surface area (Å²) in [6.07, 6.45) is 3.06. The number of hydrogen-bond acceptors (Lipinski definition) is 15. The summed E-state index contributed by atoms with van der Waals surface area (Å²) in [5.74, 6) is -6.04. The Kier molecular flexibility index (Phi) is 12.7. The van der Waals surface area contributed by atoms with Gasteiger partial charge in [-0.15, -0.1) is 23.1 Å². The number of likely N-dealkylation sites (tertiary alicyclic amines) is 1. The van der Waals surface area contributed by atoms with Crippen LogP contribution in [0, 0.1) is 0 Å². The molecule has 57 heavy (non-hydrogen) atoms. The van der Waals surface area contributed by atoms with Crippen LogP contribution in [0.15, 0.2) is 44.9 Å². The first-order valence-electron chi connectivity index (χ1n) is 17.5. The normalized spacial score (nSPS) is 20.4. The number of quaternary nitrogens is 1. The first-order valence-corrected chi connectivity index (χ1v) is 19.3. The van der Waals surface area contributed by atoms with Crippen molar-refractivity contribution in [1.29, 1.82) is 0 Å². The van der Waals surface area contributed by atoms with Crippen molar-refractivity contribution in [3.05, 3.63) is 56.5 Å². The number of phenolic OH excluding ortho intramolecular Hbond substituents is 2. The zero-order chi connectivity index (χ0) is 40.9. The number of nitrogens with two attached hydrogens (primary N) is 1. The van der Waals surface area contributed by atoms with E-state index in [0.29, 0.717) is 35.2 Å². The second kappa shape index (κ2) is 16.7. The van der Waals surface area contributed by atoms with E-state index in [1.165, 1.54) is 47.8 Å². The molecule has 0 aliphatic carbocycles. The van der Waals surface area contributed by atoms with Crippen LogP contribution in [-0.2, 0) is 31.1 Å². The van der Waals surface area contributed by atoms with Gasteiger partial charge in [-0.2, -0.15) is 0 Å². The van der Waals surface area contributed by atoms with Crippen LogP contribution in [0.3, 0.4) is 0 Å². The third kappa shape index (κ3) is 8.49. The topological polar surface area (TPSA) is 279 Å². The van der Waals surface area contributed by atoms with Gasteiger partial charge in [0.05, 0.1) is 43.1 Å². The molecule has 19 nitrogen and oxygen atoms in total. The largest absolute Gasteiger partial charge is 1.00 e. The van der Waals surface area contributed by atoms with Crippen molar-refractivity contribution < 1.29 is 83.3 Å². The van der Waals surface area contributed by atoms with Crippen LogP contribution in [0.1, 0.15) is 49.7 Å². The number of carboxylic acids is 2. The van der Waals surface area contributed by atoms with Gasteiger partial charge in [-0.05, 0) is 26.8 Å². The number of nitrogens with zero attached hydrogens (tertiary/aromatic N) is 5. The fraction of sp³-hybridized carbons (Fsp3) is 0.429. The Morgan fingerprint density at radius 3 is 2.44 bits per heavy atom. The van der Waals surface area contributed by atoms with Crippen LogP contribution in [-0.4, -0.2) is 125 Å². The number of oxime groups is 1. The minimum Gasteiger partial charge on any atom is -0.546 e. The number of carbonyl (C=O) groups excluding carboxylic acids is 4. The van der Waals surface area contributed by atoms with Crippen LogP contribution in [0.5, 0.6) is 11.5 Å². The standard InChI is InChI=1S/C35H40N8O11S2.Na/c1-16-19(14-43(8-5-6-9-43)10-7-37-28(47)18-13-41(4)21-12-23(45)22(44)11-17(21)27(18)46)26(32(50)51)42-30(49)25(31(42)56-16)39-29(48)24(20-15-55-34(36)38-20)40-54-35(2,3)33(52)53;/h11-13,15-16,25,31H,5-10,14H2,1-4H3,(H7-,36,37,38,39,40,44,45,46,47,48,50,51,52,53);/q;+1/t16-,25+,31+;/m0./s1. The van der Waals surface area contributed by atoms with Gasteiger partial charge in [-0.25, -0.2) is 9.78 Å². The average molecular weight is 836 g/mol. The van der Waals surface area contributed by atoms with Gasteiger partial charge in [-0.3, -0.25) is 24.1 Å². The van der Waals surface area contributed by atoms with E-state index in [9.17, 15) is 49.2 Å². The molecule has 3 amide bonds. The Morgan fingerprint density at radius 2 is 1.82 bits per heavy atom. The Balaban J connectivity index is 0.00000620. The number of rotatable bonds is 13. The molecular formula is C35H40N8NaO11S2+. The molecule has 0 spiro atoms. The first-order chi connectivity index (χ1) is 26.3. The number of benzene rings is 1. The van der Waals surface area contributed by atoms with Crippen LogP contribution < -0.4 is 56.5 Å². The molecule has 0 radical (unpaired) electrons. The number of pyridine rings is 1. The summed E-state index contributed by atoms with van der Waals surface area (Å²) in [4.78, 5) is 88.2. The summed E-state index contributed by atoms with van der Waals surface area (Å²) in [6, 6.07) is 1.18. The number of β-lactam (4-membered cyclic amide) rings is 1. The Labute approximate surface area is 355 Å². The molecule has 2 saturated heterocycles. The number of thiazole rings is 1. The number of aromatic hydroxyl groups is 2. The fourth-order valence-corrected chi connectivity index (χ4v) is 9.05. The summed E-state index contributed by atoms with van der Waals surface area (Å²) in [5, 5.41) is 51.3. The van der Waals surface area contributed by atoms with Crippen LogP contribution in [0.4, 0.5) is 5.13 Å². The third-order valence-electron chi connectivity index (χ3n) is 10.2. The summed E-state index contributed by atoms with van der Waals surface area (Å²) in [6.45, 7) is 6.35. The minimum absolute atomic E-state index is 0. The van der Waals surface area contributed by atoms with Crippen LogP contribution in [0.25, 0.3) is 10.9 Å². The van der Waals surface area contributed by atoms with Gasteiger partial charge in [-0.1, -0.05) is 5.16 Å². The van der Waals surface area contributed by atoms with Crippen molar-refractivity contribution in [1.82, 2.24) is 25.1 Å². The molecule has 2 aromatic heterocycles. The second-order valence-electron chi connectivity index (χ2n) is 14.4. The van der Waals surface area contributed by atoms with E-state index >= 15 is 0 Å². The molecule has 2 fully saturated rings. The first kappa shape index (κ1) is 43.5. The predicted molar refractivity (Wildman–Crippen MR) is 201 cm³/mol. The Morgan fingerprint density at radius 1 is 1.16 bits per heavy atom. The monoisotopic (exact) mass is 835 g/mol. The fourth-order valence-electron chi connectivity index (χ4n) is 7.06. The molecule has 3 aliphatic rings. The molecule has 6 rings (SSSR count). The van der Waals surface area contributed by atoms with Gasteiger partial charge in [0, 0.05) is 48.4 Å². The van der Waals surface area contributed by atoms with Crippen molar-refractivity contribution >= 4 is 74.5 Å². The van der Waals surface area contributed by atoms with Crippen molar-refractivity contribution in [2.45, 2.75) is 55.9 Å². The van der Waals surface area contributed by atoms with E-state index in [1.807, 2.05) is 6.92 Å². The maximum absolute atomic E-state index is 13.6. The van der Waals surface area contributed by atoms with E-state index in [0.717, 1.165) is 35.1 Å². The summed E-state index contributed by atoms with van der Waals surface area (Å²) < 4.78 is 1.92. The molecule has 3 aliphatic heterocycles. The number of fused-ring (bicyclic) bond motifs is 2. The molecule has 1 aromatic carbocycles. The van der Waals surface area contributed by atoms with E-state index in [-0.39, 0.29) is 70.1 Å². The van der Waals surface area contributed by atoms with Gasteiger partial charge in [0.25, 0.3) is 17.7 Å². The van der Waals surface area contributed by atoms with E-state index in [4.69, 9.17) is 10.6 Å². The number of hydrogen-bond donors (Lipinski definition) is 6. The number of nitrogens with one attached hydrogen (secondary N) is 2. The number of aryl methyl sites for hydroxylation is 1. The van der Waals surface area contributed by atoms with E-state index in [2.05, 4.69) is 20.8 Å². The van der Waals surface area contributed by atoms with E-state index in [1.54, 1.807) is 7.05 Å². The smallest absolute Gasteiger partial charge is 0.546 e. The quantitative estimate of drug-likeness (QED) is 0.0243. The van der Waals surface area contributed by atoms with Gasteiger partial charge in [0.1, 0.15) is 34.9 Å². The molecule has 0 saturated carbocycles. The molecule has 3 atom stereocenters. The van der Waals surface area contributed by atoms with Gasteiger partial charge in [0.2, 0.25) is 5.43 Å². The number of aromatic nitrogens is 2. The third-order valence-corrected chi connectivity index (χ3v) is 12.3. The van der Waals surface area contributed by atoms with Gasteiger partial charge >= 0.3 is 35.5 Å². The average Bonchev–Trinajstić information content (AvgIpc) is 3.79. The molecular weight excluding hydrogens is 796 g/mol. The van der Waals surface area contributed by atoms with Crippen LogP contribution >= 0.6 is 23.1 Å². The maximum Gasteiger partial charge on any atom is 1.00 e. The Bertz CT molecular complexity index is 2280. The molecule has 0 unspecified atom stereocenters. The number of phenols is 2. The SMILES string of the molecule is C[C@@H]1S[C@@H]2[C@H](NC(=O)/C(=N\OC(C)(C)C(=O)[O-])c3csc(N)n3)C(=O)N2C(C(=O)O)=C1C[N+]1(CCNC(=O)c2cn(C)c3cc(O)c(O)cc3c2=O)CCCC1.[Na+]. The number of carbonyl (C=O) groups is 5. The minimum atomic E-state index is -1.92. The number of thioether (sulfide) groups is 1. The van der Waals surface area contributed by atoms with E-state index < -0.39 is 74.6 Å². The van der Waals surface area contributed by atoms with Crippen LogP contribution in [0.2, 0.25) is 0 Å². The van der Waals surface area contributed by atoms with Gasteiger partial charge < -0.3 is 55.5 Å². The van der Waals surface area contributed by atoms with Crippen molar-refractivity contribution in [3.63, 3.8) is 0 Å². The molecule has 5 heterocycles. The molecule has 7 N–H and O–H groups in total. The Hall–Kier alpha value is -4.67. The molecule has 3 aromatic rings. The van der Waals surface area contributed by atoms with Crippen molar-refractivity contribution in [2.24, 2.45) is 12.2 Å². The summed E-state index contributed by atoms with van der Waals surface area (Å²) in [5.41, 5.74) is 3.24. The van der Waals surface area contributed by atoms with Gasteiger partial charge in [0.15, 0.2) is 27.9 Å². The number of aliphatic carboxylic acids is 2. The molecule has 22 heteroatoms.